The minimum atomic E-state index is -1.37. The lowest BCUT2D eigenvalue weighted by Crippen LogP contribution is -2.25. The van der Waals surface area contributed by atoms with Gasteiger partial charge >= 0.3 is 5.97 Å². The van der Waals surface area contributed by atoms with Gasteiger partial charge in [0.25, 0.3) is 0 Å². The van der Waals surface area contributed by atoms with E-state index in [2.05, 4.69) is 4.98 Å². The van der Waals surface area contributed by atoms with Crippen LogP contribution in [-0.2, 0) is 9.47 Å². The van der Waals surface area contributed by atoms with Crippen LogP contribution in [0.15, 0.2) is 35.3 Å². The summed E-state index contributed by atoms with van der Waals surface area (Å²) in [7, 11) is 0. The zero-order chi connectivity index (χ0) is 23.2. The Hall–Kier alpha value is -2.36. The Balaban J connectivity index is 1.93. The first kappa shape index (κ1) is 22.8. The van der Waals surface area contributed by atoms with Crippen molar-refractivity contribution in [1.29, 1.82) is 0 Å². The zero-order valence-corrected chi connectivity index (χ0v) is 19.2. The number of hydrogen-bond acceptors (Lipinski definition) is 6. The fraction of sp³-hybridized carbons (Fsp3) is 0.286. The first-order valence-corrected chi connectivity index (χ1v) is 10.6. The Labute approximate surface area is 197 Å². The molecule has 0 spiro atoms. The molecular weight excluding hydrogens is 483 g/mol. The monoisotopic (exact) mass is 498 g/mol. The Morgan fingerprint density at radius 1 is 1.28 bits per heavy atom. The molecule has 1 aromatic carbocycles. The summed E-state index contributed by atoms with van der Waals surface area (Å²) in [5.41, 5.74) is -0.788. The molecule has 168 valence electrons. The number of ether oxygens (including phenoxy) is 3. The summed E-state index contributed by atoms with van der Waals surface area (Å²) in [6, 6.07) is 5.66. The quantitative estimate of drug-likeness (QED) is 0.549. The molecule has 3 aromatic rings. The third kappa shape index (κ3) is 4.16. The lowest BCUT2D eigenvalue weighted by molar-refractivity contribution is -0.141. The van der Waals surface area contributed by atoms with Crippen molar-refractivity contribution in [1.82, 2.24) is 9.55 Å². The molecule has 1 aliphatic heterocycles. The van der Waals surface area contributed by atoms with Crippen LogP contribution in [0.3, 0.4) is 0 Å². The Morgan fingerprint density at radius 2 is 1.97 bits per heavy atom. The van der Waals surface area contributed by atoms with E-state index in [9.17, 15) is 14.7 Å². The van der Waals surface area contributed by atoms with Crippen molar-refractivity contribution in [2.45, 2.75) is 25.7 Å². The number of nitrogens with zero attached hydrogens (tertiary/aromatic N) is 2. The van der Waals surface area contributed by atoms with Gasteiger partial charge in [0, 0.05) is 6.07 Å². The molecule has 0 aliphatic carbocycles. The van der Waals surface area contributed by atoms with E-state index in [0.717, 1.165) is 6.07 Å². The number of carboxylic acid groups (broad SMARTS) is 1. The third-order valence-corrected chi connectivity index (χ3v) is 5.69. The fourth-order valence-corrected chi connectivity index (χ4v) is 4.30. The fourth-order valence-electron chi connectivity index (χ4n) is 3.50. The predicted molar refractivity (Wildman–Crippen MR) is 120 cm³/mol. The van der Waals surface area contributed by atoms with Crippen molar-refractivity contribution >= 4 is 51.7 Å². The molecule has 0 radical (unpaired) electrons. The second kappa shape index (κ2) is 8.53. The number of fused-ring (bicyclic) bond motifs is 1. The molecule has 1 fully saturated rings. The maximum atomic E-state index is 13.0. The second-order valence-electron chi connectivity index (χ2n) is 7.50. The van der Waals surface area contributed by atoms with Crippen LogP contribution in [-0.4, -0.2) is 45.7 Å². The van der Waals surface area contributed by atoms with Gasteiger partial charge in [0.05, 0.1) is 39.1 Å². The van der Waals surface area contributed by atoms with Gasteiger partial charge < -0.3 is 19.3 Å². The number of benzene rings is 1. The van der Waals surface area contributed by atoms with E-state index >= 15 is 0 Å². The normalized spacial score (nSPS) is 17.6. The molecule has 3 heterocycles. The van der Waals surface area contributed by atoms with Gasteiger partial charge in [-0.15, -0.1) is 0 Å². The maximum Gasteiger partial charge on any atom is 0.353 e. The molecular formula is C21H17Cl3N2O6. The highest BCUT2D eigenvalue weighted by Crippen LogP contribution is 2.36. The van der Waals surface area contributed by atoms with E-state index in [-0.39, 0.29) is 55.9 Å². The molecule has 1 unspecified atom stereocenters. The Bertz CT molecular complexity index is 1270. The molecule has 1 aliphatic rings. The van der Waals surface area contributed by atoms with Crippen LogP contribution in [0.5, 0.6) is 5.88 Å². The Morgan fingerprint density at radius 3 is 2.56 bits per heavy atom. The van der Waals surface area contributed by atoms with E-state index in [4.69, 9.17) is 49.0 Å². The van der Waals surface area contributed by atoms with Crippen molar-refractivity contribution in [2.75, 3.05) is 13.2 Å². The predicted octanol–water partition coefficient (Wildman–Crippen LogP) is 4.57. The smallest absolute Gasteiger partial charge is 0.353 e. The minimum Gasteiger partial charge on any atom is -0.477 e. The van der Waals surface area contributed by atoms with Gasteiger partial charge in [0.2, 0.25) is 5.88 Å². The SMILES string of the molecule is CC1(C)OCC(COc2ncc(Cl)c3c2c(=O)cc(C(=O)O)n3-c2c(Cl)cccc2Cl)O1. The second-order valence-corrected chi connectivity index (χ2v) is 8.72. The minimum absolute atomic E-state index is 0.0170. The molecule has 0 bridgehead atoms. The number of carboxylic acids is 1. The molecule has 1 N–H and O–H groups in total. The van der Waals surface area contributed by atoms with E-state index in [0.29, 0.717) is 6.61 Å². The van der Waals surface area contributed by atoms with E-state index < -0.39 is 17.2 Å². The molecule has 1 atom stereocenters. The zero-order valence-electron chi connectivity index (χ0n) is 16.9. The first-order chi connectivity index (χ1) is 15.1. The summed E-state index contributed by atoms with van der Waals surface area (Å²) in [5, 5.41) is 10.1. The van der Waals surface area contributed by atoms with Gasteiger partial charge in [-0.05, 0) is 26.0 Å². The van der Waals surface area contributed by atoms with Crippen molar-refractivity contribution in [3.8, 4) is 11.6 Å². The van der Waals surface area contributed by atoms with Crippen LogP contribution >= 0.6 is 34.8 Å². The summed E-state index contributed by atoms with van der Waals surface area (Å²) in [4.78, 5) is 29.1. The van der Waals surface area contributed by atoms with Crippen LogP contribution < -0.4 is 10.2 Å². The topological polar surface area (TPSA) is 99.9 Å². The highest BCUT2D eigenvalue weighted by Gasteiger charge is 2.33. The lowest BCUT2D eigenvalue weighted by atomic mass is 10.1. The van der Waals surface area contributed by atoms with Gasteiger partial charge in [-0.25, -0.2) is 9.78 Å². The molecule has 11 heteroatoms. The van der Waals surface area contributed by atoms with Gasteiger partial charge in [-0.3, -0.25) is 9.36 Å². The number of aromatic carboxylic acids is 1. The molecule has 1 saturated heterocycles. The summed E-state index contributed by atoms with van der Waals surface area (Å²) in [6.07, 6.45) is 0.887. The summed E-state index contributed by atoms with van der Waals surface area (Å²) in [5.74, 6) is -2.14. The highest BCUT2D eigenvalue weighted by atomic mass is 35.5. The van der Waals surface area contributed by atoms with Crippen molar-refractivity contribution in [3.63, 3.8) is 0 Å². The number of halogens is 3. The van der Waals surface area contributed by atoms with E-state index in [1.807, 2.05) is 0 Å². The average Bonchev–Trinajstić information content (AvgIpc) is 3.07. The number of aromatic nitrogens is 2. The number of carbonyl (C=O) groups is 1. The molecule has 2 aromatic heterocycles. The number of para-hydroxylation sites is 1. The molecule has 4 rings (SSSR count). The number of hydrogen-bond donors (Lipinski definition) is 1. The third-order valence-electron chi connectivity index (χ3n) is 4.80. The van der Waals surface area contributed by atoms with Crippen molar-refractivity contribution < 1.29 is 24.1 Å². The van der Waals surface area contributed by atoms with Crippen LogP contribution in [0.2, 0.25) is 15.1 Å². The van der Waals surface area contributed by atoms with E-state index in [1.54, 1.807) is 32.0 Å². The van der Waals surface area contributed by atoms with Gasteiger partial charge in [0.15, 0.2) is 11.2 Å². The largest absolute Gasteiger partial charge is 0.477 e. The van der Waals surface area contributed by atoms with Gasteiger partial charge in [0.1, 0.15) is 23.8 Å². The number of rotatable bonds is 5. The Kier molecular flexibility index (Phi) is 6.08. The van der Waals surface area contributed by atoms with Crippen LogP contribution in [0.4, 0.5) is 0 Å². The average molecular weight is 500 g/mol. The molecule has 0 amide bonds. The molecule has 0 saturated carbocycles. The van der Waals surface area contributed by atoms with Crippen LogP contribution in [0, 0.1) is 0 Å². The molecule has 32 heavy (non-hydrogen) atoms. The van der Waals surface area contributed by atoms with Crippen LogP contribution in [0.25, 0.3) is 16.6 Å². The van der Waals surface area contributed by atoms with Crippen LogP contribution in [0.1, 0.15) is 24.3 Å². The number of pyridine rings is 2. The highest BCUT2D eigenvalue weighted by molar-refractivity contribution is 6.38. The van der Waals surface area contributed by atoms with Gasteiger partial charge in [-0.2, -0.15) is 0 Å². The van der Waals surface area contributed by atoms with Crippen molar-refractivity contribution in [2.24, 2.45) is 0 Å². The summed E-state index contributed by atoms with van der Waals surface area (Å²) < 4.78 is 18.2. The van der Waals surface area contributed by atoms with Gasteiger partial charge in [-0.1, -0.05) is 40.9 Å². The maximum absolute atomic E-state index is 13.0. The van der Waals surface area contributed by atoms with E-state index in [1.165, 1.54) is 10.8 Å². The summed E-state index contributed by atoms with van der Waals surface area (Å²) >= 11 is 19.1. The molecule has 8 nitrogen and oxygen atoms in total. The standard InChI is InChI=1S/C21H17Cl3N2O6/c1-21(2)31-9-10(32-21)8-30-19-16-15(27)6-14(20(28)29)26(18(16)13(24)7-25-19)17-11(22)4-3-5-12(17)23/h3-7,10H,8-9H2,1-2H3,(H,28,29). The lowest BCUT2D eigenvalue weighted by Gasteiger charge is -2.20. The van der Waals surface area contributed by atoms with Crippen molar-refractivity contribution in [3.05, 3.63) is 61.4 Å². The summed E-state index contributed by atoms with van der Waals surface area (Å²) in [6.45, 7) is 3.92. The first-order valence-electron chi connectivity index (χ1n) is 9.45.